The lowest BCUT2D eigenvalue weighted by Gasteiger charge is -2.18. The summed E-state index contributed by atoms with van der Waals surface area (Å²) in [7, 11) is 1.68. The maximum absolute atomic E-state index is 5.17. The smallest absolute Gasteiger partial charge is 0.118 e. The lowest BCUT2D eigenvalue weighted by molar-refractivity contribution is 0.414. The first-order chi connectivity index (χ1) is 8.72. The maximum Gasteiger partial charge on any atom is 0.118 e. The van der Waals surface area contributed by atoms with Gasteiger partial charge in [-0.25, -0.2) is 0 Å². The summed E-state index contributed by atoms with van der Waals surface area (Å²) in [5.41, 5.74) is 2.32. The number of benzene rings is 1. The second kappa shape index (κ2) is 6.01. The molecular weight excluding hydrogens is 290 g/mol. The zero-order valence-corrected chi connectivity index (χ0v) is 12.1. The number of nitrogens with zero attached hydrogens (tertiary/aromatic N) is 1. The van der Waals surface area contributed by atoms with Crippen LogP contribution in [0.15, 0.2) is 48.7 Å². The van der Waals surface area contributed by atoms with Crippen LogP contribution in [0.25, 0.3) is 0 Å². The molecule has 1 heterocycles. The van der Waals surface area contributed by atoms with E-state index in [-0.39, 0.29) is 4.83 Å². The summed E-state index contributed by atoms with van der Waals surface area (Å²) < 4.78 is 5.17. The summed E-state index contributed by atoms with van der Waals surface area (Å²) in [6.07, 6.45) is 1.83. The molecule has 2 aromatic rings. The first-order valence-corrected chi connectivity index (χ1v) is 6.83. The van der Waals surface area contributed by atoms with Crippen LogP contribution in [0.3, 0.4) is 0 Å². The van der Waals surface area contributed by atoms with Gasteiger partial charge in [0.2, 0.25) is 0 Å². The predicted octanol–water partition coefficient (Wildman–Crippen LogP) is 4.33. The molecule has 0 radical (unpaired) electrons. The first kappa shape index (κ1) is 13.1. The number of methoxy groups -OCH3 is 1. The minimum atomic E-state index is 0.248. The van der Waals surface area contributed by atoms with Crippen molar-refractivity contribution in [2.75, 3.05) is 7.11 Å². The number of alkyl halides is 1. The van der Waals surface area contributed by atoms with Gasteiger partial charge in [-0.15, -0.1) is 0 Å². The van der Waals surface area contributed by atoms with Crippen molar-refractivity contribution in [2.45, 2.75) is 17.7 Å². The lowest BCUT2D eigenvalue weighted by Crippen LogP contribution is -2.03. The minimum Gasteiger partial charge on any atom is -0.497 e. The van der Waals surface area contributed by atoms with Crippen molar-refractivity contribution in [3.63, 3.8) is 0 Å². The summed E-state index contributed by atoms with van der Waals surface area (Å²) in [6.45, 7) is 2.17. The van der Waals surface area contributed by atoms with E-state index in [2.05, 4.69) is 46.0 Å². The Balaban J connectivity index is 2.17. The Labute approximate surface area is 116 Å². The normalized spacial score (nSPS) is 13.9. The number of pyridine rings is 1. The highest BCUT2D eigenvalue weighted by Gasteiger charge is 2.18. The number of aromatic nitrogens is 1. The van der Waals surface area contributed by atoms with Crippen molar-refractivity contribution in [1.82, 2.24) is 4.98 Å². The Hall–Kier alpha value is -1.35. The summed E-state index contributed by atoms with van der Waals surface area (Å²) in [5, 5.41) is 0. The van der Waals surface area contributed by atoms with Gasteiger partial charge in [0.05, 0.1) is 7.11 Å². The van der Waals surface area contributed by atoms with Crippen LogP contribution in [0.4, 0.5) is 0 Å². The Bertz CT molecular complexity index is 484. The molecule has 3 heteroatoms. The number of rotatable bonds is 4. The van der Waals surface area contributed by atoms with Crippen molar-refractivity contribution >= 4 is 15.9 Å². The topological polar surface area (TPSA) is 22.1 Å². The third-order valence-electron chi connectivity index (χ3n) is 3.03. The molecule has 2 rings (SSSR count). The molecular formula is C15H16BrNO. The van der Waals surface area contributed by atoms with Crippen molar-refractivity contribution in [1.29, 1.82) is 0 Å². The van der Waals surface area contributed by atoms with E-state index in [1.807, 2.05) is 30.5 Å². The van der Waals surface area contributed by atoms with E-state index in [1.54, 1.807) is 7.11 Å². The lowest BCUT2D eigenvalue weighted by atomic mass is 9.97. The zero-order chi connectivity index (χ0) is 13.0. The Kier molecular flexibility index (Phi) is 4.37. The second-order valence-electron chi connectivity index (χ2n) is 4.22. The average Bonchev–Trinajstić information content (AvgIpc) is 2.47. The van der Waals surface area contributed by atoms with Gasteiger partial charge in [-0.2, -0.15) is 0 Å². The molecule has 0 N–H and O–H groups in total. The van der Waals surface area contributed by atoms with Crippen molar-refractivity contribution < 1.29 is 4.74 Å². The molecule has 0 amide bonds. The Morgan fingerprint density at radius 2 is 1.83 bits per heavy atom. The van der Waals surface area contributed by atoms with Gasteiger partial charge in [0, 0.05) is 22.6 Å². The number of ether oxygens (including phenoxy) is 1. The van der Waals surface area contributed by atoms with Crippen molar-refractivity contribution in [3.05, 3.63) is 59.9 Å². The molecule has 0 aliphatic rings. The van der Waals surface area contributed by atoms with Crippen LogP contribution >= 0.6 is 15.9 Å². The van der Waals surface area contributed by atoms with E-state index >= 15 is 0 Å². The zero-order valence-electron chi connectivity index (χ0n) is 10.5. The molecule has 18 heavy (non-hydrogen) atoms. The maximum atomic E-state index is 5.17. The molecule has 0 saturated heterocycles. The number of halogens is 1. The Morgan fingerprint density at radius 1 is 1.11 bits per heavy atom. The fourth-order valence-corrected chi connectivity index (χ4v) is 2.45. The SMILES string of the molecule is COc1ccc(C(Br)C(C)c2ccccn2)cc1. The third-order valence-corrected chi connectivity index (χ3v) is 4.35. The molecule has 0 fully saturated rings. The van der Waals surface area contributed by atoms with Crippen LogP contribution in [0.2, 0.25) is 0 Å². The molecule has 0 aliphatic carbocycles. The van der Waals surface area contributed by atoms with Crippen LogP contribution in [0.1, 0.15) is 28.9 Å². The molecule has 94 valence electrons. The fourth-order valence-electron chi connectivity index (χ4n) is 1.87. The van der Waals surface area contributed by atoms with E-state index in [9.17, 15) is 0 Å². The summed E-state index contributed by atoms with van der Waals surface area (Å²) in [4.78, 5) is 4.65. The quantitative estimate of drug-likeness (QED) is 0.784. The molecule has 0 aliphatic heterocycles. The first-order valence-electron chi connectivity index (χ1n) is 5.91. The van der Waals surface area contributed by atoms with Crippen LogP contribution in [0.5, 0.6) is 5.75 Å². The van der Waals surface area contributed by atoms with E-state index in [0.29, 0.717) is 5.92 Å². The van der Waals surface area contributed by atoms with Gasteiger partial charge in [0.25, 0.3) is 0 Å². The summed E-state index contributed by atoms with van der Waals surface area (Å²) >= 11 is 3.75. The molecule has 2 nitrogen and oxygen atoms in total. The number of hydrogen-bond acceptors (Lipinski definition) is 2. The second-order valence-corrected chi connectivity index (χ2v) is 5.20. The molecule has 0 saturated carbocycles. The van der Waals surface area contributed by atoms with Gasteiger partial charge < -0.3 is 4.74 Å². The van der Waals surface area contributed by atoms with Crippen molar-refractivity contribution in [2.24, 2.45) is 0 Å². The van der Waals surface area contributed by atoms with Crippen LogP contribution in [-0.2, 0) is 0 Å². The molecule has 0 spiro atoms. The highest BCUT2D eigenvalue weighted by atomic mass is 79.9. The van der Waals surface area contributed by atoms with Gasteiger partial charge in [-0.05, 0) is 29.8 Å². The molecule has 0 bridgehead atoms. The van der Waals surface area contributed by atoms with Gasteiger partial charge in [0.1, 0.15) is 5.75 Å². The molecule has 1 aromatic carbocycles. The molecule has 1 aromatic heterocycles. The third kappa shape index (κ3) is 2.91. The predicted molar refractivity (Wildman–Crippen MR) is 77.3 cm³/mol. The van der Waals surface area contributed by atoms with Crippen LogP contribution in [0, 0.1) is 0 Å². The summed E-state index contributed by atoms with van der Waals surface area (Å²) in [6, 6.07) is 14.1. The van der Waals surface area contributed by atoms with E-state index < -0.39 is 0 Å². The minimum absolute atomic E-state index is 0.248. The van der Waals surface area contributed by atoms with E-state index in [1.165, 1.54) is 5.56 Å². The van der Waals surface area contributed by atoms with Crippen LogP contribution < -0.4 is 4.74 Å². The van der Waals surface area contributed by atoms with E-state index in [0.717, 1.165) is 11.4 Å². The largest absolute Gasteiger partial charge is 0.497 e. The standard InChI is InChI=1S/C15H16BrNO/c1-11(14-5-3-4-10-17-14)15(16)12-6-8-13(18-2)9-7-12/h3-11,15H,1-2H3. The molecule has 2 atom stereocenters. The fraction of sp³-hybridized carbons (Fsp3) is 0.267. The van der Waals surface area contributed by atoms with Gasteiger partial charge in [-0.1, -0.05) is 41.1 Å². The number of hydrogen-bond donors (Lipinski definition) is 0. The highest BCUT2D eigenvalue weighted by molar-refractivity contribution is 9.09. The monoisotopic (exact) mass is 305 g/mol. The summed E-state index contributed by atoms with van der Waals surface area (Å²) in [5.74, 6) is 1.20. The van der Waals surface area contributed by atoms with Crippen molar-refractivity contribution in [3.8, 4) is 5.75 Å². The average molecular weight is 306 g/mol. The van der Waals surface area contributed by atoms with E-state index in [4.69, 9.17) is 4.74 Å². The van der Waals surface area contributed by atoms with Crippen LogP contribution in [-0.4, -0.2) is 12.1 Å². The highest BCUT2D eigenvalue weighted by Crippen LogP contribution is 2.37. The molecule has 2 unspecified atom stereocenters. The van der Waals surface area contributed by atoms with Gasteiger partial charge in [0.15, 0.2) is 0 Å². The van der Waals surface area contributed by atoms with Gasteiger partial charge >= 0.3 is 0 Å². The van der Waals surface area contributed by atoms with Gasteiger partial charge in [-0.3, -0.25) is 4.98 Å². The Morgan fingerprint density at radius 3 is 2.39 bits per heavy atom.